The third-order valence-corrected chi connectivity index (χ3v) is 5.61. The van der Waals surface area contributed by atoms with Crippen LogP contribution >= 0.6 is 11.6 Å². The van der Waals surface area contributed by atoms with E-state index in [9.17, 15) is 4.79 Å². The Morgan fingerprint density at radius 1 is 0.789 bits per heavy atom. The minimum atomic E-state index is -0.604. The molecule has 1 saturated heterocycles. The summed E-state index contributed by atoms with van der Waals surface area (Å²) in [5.74, 6) is 2.01. The Balaban J connectivity index is 0.000000372. The zero-order chi connectivity index (χ0) is 27.8. The Morgan fingerprint density at radius 3 is 1.87 bits per heavy atom. The molecule has 2 N–H and O–H groups in total. The van der Waals surface area contributed by atoms with Gasteiger partial charge in [0.2, 0.25) is 0 Å². The highest BCUT2D eigenvalue weighted by Gasteiger charge is 2.23. The van der Waals surface area contributed by atoms with Crippen LogP contribution in [-0.4, -0.2) is 126 Å². The predicted octanol–water partition coefficient (Wildman–Crippen LogP) is 2.41. The van der Waals surface area contributed by atoms with Gasteiger partial charge in [0, 0.05) is 6.61 Å². The smallest absolute Gasteiger partial charge is 0.434 e. The number of epoxide rings is 1. The Morgan fingerprint density at radius 2 is 1.34 bits per heavy atom. The van der Waals surface area contributed by atoms with E-state index in [-0.39, 0.29) is 32.0 Å². The largest absolute Gasteiger partial charge is 0.508 e. The Hall–Kier alpha value is -0.760. The molecule has 3 unspecified atom stereocenters. The molecular weight excluding hydrogens is 524 g/mol. The quantitative estimate of drug-likeness (QED) is 0.0908. The van der Waals surface area contributed by atoms with Gasteiger partial charge in [0.15, 0.2) is 0 Å². The molecule has 12 heteroatoms. The molecule has 0 aromatic rings. The number of carbonyl (C=O) groups excluding carboxylic acids is 1. The fourth-order valence-corrected chi connectivity index (χ4v) is 2.79. The van der Waals surface area contributed by atoms with Crippen LogP contribution < -0.4 is 0 Å². The third-order valence-electron chi connectivity index (χ3n) is 5.27. The molecule has 3 fully saturated rings. The van der Waals surface area contributed by atoms with Crippen molar-refractivity contribution in [3.63, 3.8) is 0 Å². The first-order chi connectivity index (χ1) is 18.5. The summed E-state index contributed by atoms with van der Waals surface area (Å²) in [4.78, 5) is 11.2. The molecule has 1 aliphatic heterocycles. The van der Waals surface area contributed by atoms with Gasteiger partial charge in [-0.2, -0.15) is 0 Å². The molecule has 0 bridgehead atoms. The van der Waals surface area contributed by atoms with Crippen LogP contribution in [0.1, 0.15) is 39.5 Å². The number of alkyl halides is 1. The maximum Gasteiger partial charge on any atom is 0.508 e. The summed E-state index contributed by atoms with van der Waals surface area (Å²) in [6.45, 7) is 9.50. The lowest BCUT2D eigenvalue weighted by molar-refractivity contribution is -0.0391. The number of aliphatic hydroxyl groups is 2. The van der Waals surface area contributed by atoms with Crippen LogP contribution in [0.25, 0.3) is 0 Å². The van der Waals surface area contributed by atoms with Gasteiger partial charge in [-0.25, -0.2) is 4.79 Å². The molecule has 3 aliphatic rings. The number of halogens is 1. The van der Waals surface area contributed by atoms with Crippen LogP contribution in [0.3, 0.4) is 0 Å². The number of carbonyl (C=O) groups is 1. The van der Waals surface area contributed by atoms with E-state index < -0.39 is 6.16 Å². The molecule has 3 rings (SSSR count). The maximum absolute atomic E-state index is 11.2. The van der Waals surface area contributed by atoms with Gasteiger partial charge in [0.25, 0.3) is 0 Å². The number of aliphatic hydroxyl groups excluding tert-OH is 2. The van der Waals surface area contributed by atoms with Crippen molar-refractivity contribution >= 4 is 17.8 Å². The van der Waals surface area contributed by atoms with Gasteiger partial charge in [-0.1, -0.05) is 0 Å². The molecule has 38 heavy (non-hydrogen) atoms. The number of hydrogen-bond donors (Lipinski definition) is 2. The van der Waals surface area contributed by atoms with E-state index in [0.717, 1.165) is 32.0 Å². The molecule has 0 amide bonds. The van der Waals surface area contributed by atoms with Gasteiger partial charge in [0.1, 0.15) is 6.61 Å². The monoisotopic (exact) mass is 572 g/mol. The Kier molecular flexibility index (Phi) is 22.3. The second-order valence-corrected chi connectivity index (χ2v) is 9.75. The molecule has 0 radical (unpaired) electrons. The van der Waals surface area contributed by atoms with Crippen molar-refractivity contribution in [2.75, 3.05) is 91.8 Å². The van der Waals surface area contributed by atoms with Crippen molar-refractivity contribution in [2.24, 2.45) is 11.8 Å². The zero-order valence-corrected chi connectivity index (χ0v) is 23.8. The van der Waals surface area contributed by atoms with E-state index in [1.807, 2.05) is 13.8 Å². The molecule has 0 spiro atoms. The molecule has 11 nitrogen and oxygen atoms in total. The number of ether oxygens (including phenoxy) is 8. The van der Waals surface area contributed by atoms with E-state index in [4.69, 9.17) is 59.7 Å². The van der Waals surface area contributed by atoms with Crippen molar-refractivity contribution in [1.82, 2.24) is 0 Å². The van der Waals surface area contributed by atoms with E-state index in [1.54, 1.807) is 0 Å². The van der Waals surface area contributed by atoms with Crippen LogP contribution in [0.5, 0.6) is 0 Å². The summed E-state index contributed by atoms with van der Waals surface area (Å²) in [5.41, 5.74) is 0. The number of hydrogen-bond acceptors (Lipinski definition) is 11. The van der Waals surface area contributed by atoms with Crippen molar-refractivity contribution in [3.8, 4) is 0 Å². The first kappa shape index (κ1) is 35.3. The topological polar surface area (TPSA) is 135 Å². The normalized spacial score (nSPS) is 19.3. The molecule has 2 aliphatic carbocycles. The molecule has 0 aromatic carbocycles. The lowest BCUT2D eigenvalue weighted by Gasteiger charge is -2.13. The van der Waals surface area contributed by atoms with E-state index in [0.29, 0.717) is 70.8 Å². The van der Waals surface area contributed by atoms with Gasteiger partial charge in [-0.3, -0.25) is 0 Å². The van der Waals surface area contributed by atoms with Gasteiger partial charge in [0.05, 0.1) is 96.9 Å². The van der Waals surface area contributed by atoms with E-state index in [2.05, 4.69) is 0 Å². The molecule has 226 valence electrons. The highest BCUT2D eigenvalue weighted by Crippen LogP contribution is 2.29. The zero-order valence-electron chi connectivity index (χ0n) is 23.1. The average molecular weight is 573 g/mol. The molecule has 3 atom stereocenters. The fraction of sp³-hybridized carbons (Fsp3) is 0.962. The van der Waals surface area contributed by atoms with Gasteiger partial charge in [-0.05, 0) is 51.4 Å². The summed E-state index contributed by atoms with van der Waals surface area (Å²) in [5, 5.41) is 16.7. The molecular formula is C26H49ClO11. The van der Waals surface area contributed by atoms with Crippen molar-refractivity contribution in [1.29, 1.82) is 0 Å². The average Bonchev–Trinajstić information content (AvgIpc) is 3.77. The SMILES string of the molecule is CC(COCCO)OCCO.CC(COCCOCC1CC1)OCCOC(=O)OCC1CC1.ClCC1CO1. The van der Waals surface area contributed by atoms with Crippen LogP contribution in [0.2, 0.25) is 0 Å². The Bertz CT molecular complexity index is 545. The number of rotatable bonds is 21. The fourth-order valence-electron chi connectivity index (χ4n) is 2.61. The van der Waals surface area contributed by atoms with Gasteiger partial charge >= 0.3 is 6.16 Å². The minimum Gasteiger partial charge on any atom is -0.434 e. The summed E-state index contributed by atoms with van der Waals surface area (Å²) >= 11 is 5.27. The maximum atomic E-state index is 11.2. The van der Waals surface area contributed by atoms with Gasteiger partial charge in [-0.15, -0.1) is 11.6 Å². The highest BCUT2D eigenvalue weighted by atomic mass is 35.5. The summed E-state index contributed by atoms with van der Waals surface area (Å²) in [7, 11) is 0. The van der Waals surface area contributed by atoms with Crippen LogP contribution in [0, 0.1) is 11.8 Å². The molecule has 2 saturated carbocycles. The predicted molar refractivity (Wildman–Crippen MR) is 141 cm³/mol. The standard InChI is InChI=1S/C16H28O6.C7H16O4.C3H5ClO/c1-13(10-18-6-7-19-11-14-2-3-14)20-8-9-21-16(17)22-12-15-4-5-15;1-7(11-5-3-9)6-10-4-2-8;4-1-3-2-5-3/h13-15H,2-12H2,1H3;7-9H,2-6H2,1H3;3H,1-2H2. The summed E-state index contributed by atoms with van der Waals surface area (Å²) < 4.78 is 41.1. The van der Waals surface area contributed by atoms with Crippen LogP contribution in [0.4, 0.5) is 4.79 Å². The third kappa shape index (κ3) is 25.5. The lowest BCUT2D eigenvalue weighted by atomic mass is 10.4. The van der Waals surface area contributed by atoms with Crippen molar-refractivity contribution < 1.29 is 52.9 Å². The van der Waals surface area contributed by atoms with E-state index >= 15 is 0 Å². The van der Waals surface area contributed by atoms with Crippen LogP contribution in [-0.2, 0) is 37.9 Å². The summed E-state index contributed by atoms with van der Waals surface area (Å²) in [6.07, 6.45) is 4.66. The highest BCUT2D eigenvalue weighted by molar-refractivity contribution is 6.18. The minimum absolute atomic E-state index is 0.0197. The van der Waals surface area contributed by atoms with Crippen molar-refractivity contribution in [2.45, 2.75) is 57.8 Å². The molecule has 1 heterocycles. The first-order valence-electron chi connectivity index (χ1n) is 13.6. The lowest BCUT2D eigenvalue weighted by Crippen LogP contribution is -2.21. The van der Waals surface area contributed by atoms with Crippen LogP contribution in [0.15, 0.2) is 0 Å². The van der Waals surface area contributed by atoms with E-state index in [1.165, 1.54) is 12.8 Å². The Labute approximate surface area is 232 Å². The second-order valence-electron chi connectivity index (χ2n) is 9.44. The summed E-state index contributed by atoms with van der Waals surface area (Å²) in [6, 6.07) is 0. The van der Waals surface area contributed by atoms with Gasteiger partial charge < -0.3 is 48.1 Å². The first-order valence-corrected chi connectivity index (χ1v) is 14.2. The van der Waals surface area contributed by atoms with Crippen molar-refractivity contribution in [3.05, 3.63) is 0 Å². The second kappa shape index (κ2) is 24.1. The molecule has 0 aromatic heterocycles.